The zero-order valence-corrected chi connectivity index (χ0v) is 16.7. The maximum Gasteiger partial charge on any atom is 0.490 e. The lowest BCUT2D eigenvalue weighted by Crippen LogP contribution is -2.41. The number of halogens is 3. The van der Waals surface area contributed by atoms with Crippen LogP contribution in [0.4, 0.5) is 13.2 Å². The molecule has 2 aliphatic heterocycles. The van der Waals surface area contributed by atoms with E-state index < -0.39 is 17.6 Å². The van der Waals surface area contributed by atoms with E-state index in [1.54, 1.807) is 6.20 Å². The minimum Gasteiger partial charge on any atom is -0.477 e. The Balaban J connectivity index is 0.000000339. The molecule has 1 spiro atoms. The van der Waals surface area contributed by atoms with Gasteiger partial charge in [0.25, 0.3) is 0 Å². The van der Waals surface area contributed by atoms with Crippen molar-refractivity contribution in [1.29, 1.82) is 0 Å². The van der Waals surface area contributed by atoms with Crippen LogP contribution in [0, 0.1) is 17.3 Å². The van der Waals surface area contributed by atoms with Crippen molar-refractivity contribution in [1.82, 2.24) is 15.2 Å². The Bertz CT molecular complexity index is 816. The quantitative estimate of drug-likeness (QED) is 0.719. The Labute approximate surface area is 176 Å². The number of carbonyl (C=O) groups excluding carboxylic acids is 2. The maximum atomic E-state index is 12.5. The number of hydrogen-bond acceptors (Lipinski definition) is 5. The Kier molecular flexibility index (Phi) is 6.71. The van der Waals surface area contributed by atoms with E-state index in [0.29, 0.717) is 44.5 Å². The van der Waals surface area contributed by atoms with Crippen LogP contribution in [-0.2, 0) is 14.4 Å². The zero-order chi connectivity index (χ0) is 22.6. The van der Waals surface area contributed by atoms with Gasteiger partial charge in [-0.15, -0.1) is 0 Å². The Morgan fingerprint density at radius 1 is 1.32 bits per heavy atom. The van der Waals surface area contributed by atoms with E-state index in [2.05, 4.69) is 10.3 Å². The SMILES string of the molecule is O=C(CC1CC1)N1CC[C@]2(C1)C(=O)NC[C@H]2COc1ccccn1.O=C(O)C(F)(F)F. The molecule has 170 valence electrons. The van der Waals surface area contributed by atoms with Gasteiger partial charge in [-0.2, -0.15) is 13.2 Å². The van der Waals surface area contributed by atoms with Gasteiger partial charge in [-0.1, -0.05) is 6.07 Å². The van der Waals surface area contributed by atoms with Crippen LogP contribution < -0.4 is 10.1 Å². The van der Waals surface area contributed by atoms with Crippen LogP contribution in [0.1, 0.15) is 25.7 Å². The summed E-state index contributed by atoms with van der Waals surface area (Å²) in [7, 11) is 0. The molecule has 11 heteroatoms. The molecule has 3 aliphatic rings. The molecule has 2 amide bonds. The third-order valence-electron chi connectivity index (χ3n) is 5.87. The normalized spacial score (nSPS) is 25.1. The molecule has 3 heterocycles. The Hall–Kier alpha value is -2.85. The summed E-state index contributed by atoms with van der Waals surface area (Å²) in [5.74, 6) is -1.25. The second kappa shape index (κ2) is 9.11. The van der Waals surface area contributed by atoms with Gasteiger partial charge in [-0.05, 0) is 31.2 Å². The van der Waals surface area contributed by atoms with Gasteiger partial charge in [0.2, 0.25) is 17.7 Å². The molecule has 1 saturated carbocycles. The van der Waals surface area contributed by atoms with Gasteiger partial charge in [-0.3, -0.25) is 9.59 Å². The van der Waals surface area contributed by atoms with Crippen LogP contribution in [0.3, 0.4) is 0 Å². The molecule has 1 aromatic heterocycles. The van der Waals surface area contributed by atoms with E-state index in [9.17, 15) is 22.8 Å². The van der Waals surface area contributed by atoms with E-state index in [1.807, 2.05) is 23.1 Å². The van der Waals surface area contributed by atoms with Crippen molar-refractivity contribution < 1.29 is 37.4 Å². The highest BCUT2D eigenvalue weighted by Gasteiger charge is 2.55. The molecule has 0 unspecified atom stereocenters. The molecule has 1 aliphatic carbocycles. The van der Waals surface area contributed by atoms with Gasteiger partial charge in [0.15, 0.2) is 0 Å². The summed E-state index contributed by atoms with van der Waals surface area (Å²) in [4.78, 5) is 39.8. The molecular formula is C20H24F3N3O5. The first-order valence-corrected chi connectivity index (χ1v) is 10.0. The van der Waals surface area contributed by atoms with Crippen molar-refractivity contribution >= 4 is 17.8 Å². The number of alkyl halides is 3. The van der Waals surface area contributed by atoms with Crippen molar-refractivity contribution in [3.05, 3.63) is 24.4 Å². The predicted octanol–water partition coefficient (Wildman–Crippen LogP) is 1.86. The summed E-state index contributed by atoms with van der Waals surface area (Å²) in [6.07, 6.45) is 0.326. The highest BCUT2D eigenvalue weighted by Crippen LogP contribution is 2.43. The van der Waals surface area contributed by atoms with Crippen molar-refractivity contribution in [3.63, 3.8) is 0 Å². The Morgan fingerprint density at radius 3 is 2.61 bits per heavy atom. The molecule has 0 radical (unpaired) electrons. The average Bonchev–Trinajstić information content (AvgIpc) is 3.33. The standard InChI is InChI=1S/C18H23N3O3.C2HF3O2/c22-16(9-13-4-5-13)21-8-6-18(12-21)14(10-20-17(18)23)11-24-15-3-1-2-7-19-15;3-2(4,5)1(6)7/h1-3,7,13-14H,4-6,8-12H2,(H,20,23);(H,6,7)/t14-,18+;/m0./s1. The lowest BCUT2D eigenvalue weighted by molar-refractivity contribution is -0.192. The summed E-state index contributed by atoms with van der Waals surface area (Å²) in [6, 6.07) is 5.54. The number of aromatic nitrogens is 1. The largest absolute Gasteiger partial charge is 0.490 e. The third kappa shape index (κ3) is 5.65. The highest BCUT2D eigenvalue weighted by molar-refractivity contribution is 5.87. The molecule has 3 fully saturated rings. The van der Waals surface area contributed by atoms with Crippen LogP contribution in [-0.4, -0.2) is 65.2 Å². The summed E-state index contributed by atoms with van der Waals surface area (Å²) in [6.45, 7) is 2.26. The monoisotopic (exact) mass is 443 g/mol. The summed E-state index contributed by atoms with van der Waals surface area (Å²) < 4.78 is 37.5. The first-order valence-electron chi connectivity index (χ1n) is 10.0. The average molecular weight is 443 g/mol. The summed E-state index contributed by atoms with van der Waals surface area (Å²) >= 11 is 0. The molecule has 2 N–H and O–H groups in total. The number of carboxylic acids is 1. The fourth-order valence-corrected chi connectivity index (χ4v) is 3.87. The smallest absolute Gasteiger partial charge is 0.477 e. The number of rotatable bonds is 5. The molecular weight excluding hydrogens is 419 g/mol. The number of nitrogens with one attached hydrogen (secondary N) is 1. The van der Waals surface area contributed by atoms with E-state index in [1.165, 1.54) is 12.8 Å². The van der Waals surface area contributed by atoms with E-state index in [4.69, 9.17) is 14.6 Å². The van der Waals surface area contributed by atoms with Crippen LogP contribution in [0.25, 0.3) is 0 Å². The van der Waals surface area contributed by atoms with Crippen molar-refractivity contribution in [2.75, 3.05) is 26.2 Å². The van der Waals surface area contributed by atoms with Crippen LogP contribution in [0.15, 0.2) is 24.4 Å². The van der Waals surface area contributed by atoms with Crippen molar-refractivity contribution in [3.8, 4) is 5.88 Å². The lowest BCUT2D eigenvalue weighted by atomic mass is 9.77. The van der Waals surface area contributed by atoms with Gasteiger partial charge in [0.05, 0.1) is 12.0 Å². The number of hydrogen-bond donors (Lipinski definition) is 2. The van der Waals surface area contributed by atoms with Gasteiger partial charge in [-0.25, -0.2) is 9.78 Å². The number of aliphatic carboxylic acids is 1. The molecule has 8 nitrogen and oxygen atoms in total. The number of pyridine rings is 1. The second-order valence-electron chi connectivity index (χ2n) is 8.06. The van der Waals surface area contributed by atoms with Crippen molar-refractivity contribution in [2.45, 2.75) is 31.9 Å². The molecule has 0 aromatic carbocycles. The molecule has 2 saturated heterocycles. The first kappa shape index (κ1) is 22.8. The first-order chi connectivity index (χ1) is 14.6. The number of carboxylic acid groups (broad SMARTS) is 1. The van der Waals surface area contributed by atoms with Gasteiger partial charge < -0.3 is 20.1 Å². The van der Waals surface area contributed by atoms with Crippen molar-refractivity contribution in [2.24, 2.45) is 17.3 Å². The Morgan fingerprint density at radius 2 is 2.03 bits per heavy atom. The third-order valence-corrected chi connectivity index (χ3v) is 5.87. The number of carbonyl (C=O) groups is 3. The second-order valence-corrected chi connectivity index (χ2v) is 8.06. The molecule has 1 aromatic rings. The molecule has 0 bridgehead atoms. The van der Waals surface area contributed by atoms with Crippen LogP contribution in [0.5, 0.6) is 5.88 Å². The van der Waals surface area contributed by atoms with Crippen LogP contribution >= 0.6 is 0 Å². The van der Waals surface area contributed by atoms with E-state index >= 15 is 0 Å². The fraction of sp³-hybridized carbons (Fsp3) is 0.600. The number of ether oxygens (including phenoxy) is 1. The summed E-state index contributed by atoms with van der Waals surface area (Å²) in [5.41, 5.74) is -0.492. The highest BCUT2D eigenvalue weighted by atomic mass is 19.4. The topological polar surface area (TPSA) is 109 Å². The minimum atomic E-state index is -5.08. The fourth-order valence-electron chi connectivity index (χ4n) is 3.87. The van der Waals surface area contributed by atoms with E-state index in [0.717, 1.165) is 6.42 Å². The lowest BCUT2D eigenvalue weighted by Gasteiger charge is -2.28. The molecule has 31 heavy (non-hydrogen) atoms. The summed E-state index contributed by atoms with van der Waals surface area (Å²) in [5, 5.41) is 10.1. The molecule has 4 rings (SSSR count). The number of amides is 2. The van der Waals surface area contributed by atoms with E-state index in [-0.39, 0.29) is 17.7 Å². The minimum absolute atomic E-state index is 0.0684. The van der Waals surface area contributed by atoms with Gasteiger partial charge >= 0.3 is 12.1 Å². The molecule has 2 atom stereocenters. The van der Waals surface area contributed by atoms with Crippen LogP contribution in [0.2, 0.25) is 0 Å². The number of likely N-dealkylation sites (tertiary alicyclic amines) is 1. The maximum absolute atomic E-state index is 12.5. The van der Waals surface area contributed by atoms with Gasteiger partial charge in [0, 0.05) is 44.2 Å². The predicted molar refractivity (Wildman–Crippen MR) is 101 cm³/mol. The zero-order valence-electron chi connectivity index (χ0n) is 16.7. The van der Waals surface area contributed by atoms with Gasteiger partial charge in [0.1, 0.15) is 0 Å². The number of nitrogens with zero attached hydrogens (tertiary/aromatic N) is 2.